The van der Waals surface area contributed by atoms with Crippen LogP contribution in [0.5, 0.6) is 0 Å². The van der Waals surface area contributed by atoms with Crippen molar-refractivity contribution in [3.8, 4) is 0 Å². The molecular formula is C23H25BrN4O5. The standard InChI is InChI=1S/C23H25BrN4O5/c24-20-11-18(33-28-20)14-26-22(30)19(12-21(29)25-13-16-7-3-1-4-8-16)27-23(31)32-15-17-9-5-2-6-10-17/h1-11,18-19,28H,12-15H2,(H,25,29)(H,26,30)(H,27,31)/t18?,19-/m0/s1. The number of rotatable bonds is 10. The summed E-state index contributed by atoms with van der Waals surface area (Å²) < 4.78 is 5.85. The van der Waals surface area contributed by atoms with Crippen molar-refractivity contribution in [3.63, 3.8) is 0 Å². The highest BCUT2D eigenvalue weighted by atomic mass is 79.9. The molecule has 0 spiro atoms. The zero-order chi connectivity index (χ0) is 23.5. The van der Waals surface area contributed by atoms with E-state index in [9.17, 15) is 14.4 Å². The summed E-state index contributed by atoms with van der Waals surface area (Å²) in [6.07, 6.45) is 0.309. The van der Waals surface area contributed by atoms with Crippen LogP contribution in [0.2, 0.25) is 0 Å². The molecule has 1 aliphatic heterocycles. The number of alkyl carbamates (subject to hydrolysis) is 1. The van der Waals surface area contributed by atoms with Crippen LogP contribution in [0.3, 0.4) is 0 Å². The average Bonchev–Trinajstić information content (AvgIpc) is 3.26. The first-order valence-electron chi connectivity index (χ1n) is 10.3. The van der Waals surface area contributed by atoms with Crippen molar-refractivity contribution < 1.29 is 24.0 Å². The molecule has 33 heavy (non-hydrogen) atoms. The highest BCUT2D eigenvalue weighted by Gasteiger charge is 2.26. The highest BCUT2D eigenvalue weighted by Crippen LogP contribution is 2.11. The van der Waals surface area contributed by atoms with Gasteiger partial charge in [-0.05, 0) is 33.1 Å². The molecule has 0 radical (unpaired) electrons. The van der Waals surface area contributed by atoms with E-state index in [0.717, 1.165) is 11.1 Å². The summed E-state index contributed by atoms with van der Waals surface area (Å²) in [4.78, 5) is 42.7. The van der Waals surface area contributed by atoms with Gasteiger partial charge in [0, 0.05) is 6.54 Å². The van der Waals surface area contributed by atoms with E-state index in [2.05, 4.69) is 37.4 Å². The fourth-order valence-electron chi connectivity index (χ4n) is 2.96. The quantitative estimate of drug-likeness (QED) is 0.359. The predicted octanol–water partition coefficient (Wildman–Crippen LogP) is 2.24. The molecule has 0 bridgehead atoms. The molecule has 0 saturated carbocycles. The van der Waals surface area contributed by atoms with Gasteiger partial charge in [-0.15, -0.1) is 0 Å². The number of carbonyl (C=O) groups excluding carboxylic acids is 3. The number of ether oxygens (including phenoxy) is 1. The van der Waals surface area contributed by atoms with Crippen molar-refractivity contribution in [2.45, 2.75) is 31.7 Å². The van der Waals surface area contributed by atoms with E-state index >= 15 is 0 Å². The first-order chi connectivity index (χ1) is 16.0. The number of amides is 3. The molecule has 10 heteroatoms. The molecule has 9 nitrogen and oxygen atoms in total. The summed E-state index contributed by atoms with van der Waals surface area (Å²) in [5.41, 5.74) is 4.35. The Morgan fingerprint density at radius 1 is 1.00 bits per heavy atom. The van der Waals surface area contributed by atoms with E-state index in [1.54, 1.807) is 6.08 Å². The molecular weight excluding hydrogens is 492 g/mol. The molecule has 2 atom stereocenters. The molecule has 3 rings (SSSR count). The number of hydrogen-bond acceptors (Lipinski definition) is 6. The lowest BCUT2D eigenvalue weighted by Crippen LogP contribution is -2.50. The van der Waals surface area contributed by atoms with Crippen molar-refractivity contribution in [2.75, 3.05) is 6.54 Å². The van der Waals surface area contributed by atoms with Crippen LogP contribution < -0.4 is 21.4 Å². The molecule has 0 aliphatic carbocycles. The summed E-state index contributed by atoms with van der Waals surface area (Å²) in [5, 5.41) is 7.93. The van der Waals surface area contributed by atoms with Crippen LogP contribution in [0.15, 0.2) is 71.3 Å². The van der Waals surface area contributed by atoms with Gasteiger partial charge in [0.2, 0.25) is 11.8 Å². The number of nitrogens with one attached hydrogen (secondary N) is 4. The van der Waals surface area contributed by atoms with E-state index in [4.69, 9.17) is 9.57 Å². The summed E-state index contributed by atoms with van der Waals surface area (Å²) in [6, 6.07) is 17.4. The zero-order valence-corrected chi connectivity index (χ0v) is 19.3. The van der Waals surface area contributed by atoms with Crippen LogP contribution in [0.25, 0.3) is 0 Å². The topological polar surface area (TPSA) is 118 Å². The molecule has 0 aromatic heterocycles. The second-order valence-corrected chi connectivity index (χ2v) is 8.10. The van der Waals surface area contributed by atoms with Crippen LogP contribution in [0.4, 0.5) is 4.79 Å². The van der Waals surface area contributed by atoms with Crippen LogP contribution in [0.1, 0.15) is 17.5 Å². The molecule has 1 aliphatic rings. The van der Waals surface area contributed by atoms with E-state index in [0.29, 0.717) is 11.2 Å². The van der Waals surface area contributed by atoms with E-state index in [1.807, 2.05) is 60.7 Å². The fourth-order valence-corrected chi connectivity index (χ4v) is 3.35. The first-order valence-corrected chi connectivity index (χ1v) is 11.1. The van der Waals surface area contributed by atoms with Crippen molar-refractivity contribution in [3.05, 3.63) is 82.5 Å². The van der Waals surface area contributed by atoms with Crippen molar-refractivity contribution in [2.24, 2.45) is 0 Å². The number of halogens is 1. The molecule has 4 N–H and O–H groups in total. The van der Waals surface area contributed by atoms with Crippen LogP contribution >= 0.6 is 15.9 Å². The van der Waals surface area contributed by atoms with Gasteiger partial charge < -0.3 is 20.7 Å². The van der Waals surface area contributed by atoms with E-state index < -0.39 is 18.0 Å². The zero-order valence-electron chi connectivity index (χ0n) is 17.8. The third-order valence-corrected chi connectivity index (χ3v) is 5.09. The van der Waals surface area contributed by atoms with Crippen LogP contribution in [-0.2, 0) is 32.3 Å². The Bertz CT molecular complexity index is 914. The Labute approximate surface area is 200 Å². The summed E-state index contributed by atoms with van der Waals surface area (Å²) in [6.45, 7) is 0.512. The van der Waals surface area contributed by atoms with Gasteiger partial charge >= 0.3 is 6.09 Å². The third kappa shape index (κ3) is 8.59. The normalized spacial score (nSPS) is 15.5. The number of hydroxylamine groups is 1. The van der Waals surface area contributed by atoms with Gasteiger partial charge in [0.05, 0.1) is 13.0 Å². The number of benzene rings is 2. The lowest BCUT2D eigenvalue weighted by atomic mass is 10.1. The van der Waals surface area contributed by atoms with Crippen LogP contribution in [-0.4, -0.2) is 36.6 Å². The van der Waals surface area contributed by atoms with Gasteiger partial charge in [0.15, 0.2) is 0 Å². The molecule has 1 heterocycles. The second kappa shape index (κ2) is 12.6. The van der Waals surface area contributed by atoms with E-state index in [1.165, 1.54) is 0 Å². The number of hydrogen-bond donors (Lipinski definition) is 4. The Morgan fingerprint density at radius 3 is 2.30 bits per heavy atom. The van der Waals surface area contributed by atoms with Crippen molar-refractivity contribution in [1.82, 2.24) is 21.4 Å². The minimum atomic E-state index is -1.12. The maximum absolute atomic E-state index is 12.7. The maximum Gasteiger partial charge on any atom is 0.408 e. The fraction of sp³-hybridized carbons (Fsp3) is 0.261. The van der Waals surface area contributed by atoms with Gasteiger partial charge in [-0.2, -0.15) is 0 Å². The number of carbonyl (C=O) groups is 3. The molecule has 2 aromatic rings. The van der Waals surface area contributed by atoms with Gasteiger partial charge in [-0.3, -0.25) is 19.9 Å². The largest absolute Gasteiger partial charge is 0.445 e. The predicted molar refractivity (Wildman–Crippen MR) is 124 cm³/mol. The Kier molecular flexibility index (Phi) is 9.28. The first kappa shape index (κ1) is 24.3. The minimum Gasteiger partial charge on any atom is -0.445 e. The molecule has 174 valence electrons. The van der Waals surface area contributed by atoms with Crippen LogP contribution in [0, 0.1) is 0 Å². The Hall–Kier alpha value is -3.37. The molecule has 2 aromatic carbocycles. The smallest absolute Gasteiger partial charge is 0.408 e. The summed E-state index contributed by atoms with van der Waals surface area (Å²) in [5.74, 6) is -0.912. The highest BCUT2D eigenvalue weighted by molar-refractivity contribution is 9.11. The summed E-state index contributed by atoms with van der Waals surface area (Å²) >= 11 is 3.24. The Balaban J connectivity index is 1.54. The average molecular weight is 517 g/mol. The maximum atomic E-state index is 12.7. The summed E-state index contributed by atoms with van der Waals surface area (Å²) in [7, 11) is 0. The monoisotopic (exact) mass is 516 g/mol. The molecule has 3 amide bonds. The molecule has 0 fully saturated rings. The van der Waals surface area contributed by atoms with Crippen molar-refractivity contribution in [1.29, 1.82) is 0 Å². The Morgan fingerprint density at radius 2 is 1.67 bits per heavy atom. The second-order valence-electron chi connectivity index (χ2n) is 7.24. The van der Waals surface area contributed by atoms with E-state index in [-0.39, 0.29) is 31.6 Å². The third-order valence-electron chi connectivity index (χ3n) is 4.66. The SMILES string of the molecule is O=C(C[C@H](NC(=O)OCc1ccccc1)C(=O)NCC1C=C(Br)NO1)NCc1ccccc1. The van der Waals surface area contributed by atoms with Gasteiger partial charge in [0.25, 0.3) is 0 Å². The lowest BCUT2D eigenvalue weighted by Gasteiger charge is -2.19. The van der Waals surface area contributed by atoms with Crippen molar-refractivity contribution >= 4 is 33.8 Å². The molecule has 0 saturated heterocycles. The van der Waals surface area contributed by atoms with Gasteiger partial charge in [0.1, 0.15) is 23.4 Å². The minimum absolute atomic E-state index is 0.0433. The lowest BCUT2D eigenvalue weighted by molar-refractivity contribution is -0.128. The van der Waals surface area contributed by atoms with Gasteiger partial charge in [-0.1, -0.05) is 60.7 Å². The van der Waals surface area contributed by atoms with Gasteiger partial charge in [-0.25, -0.2) is 4.79 Å². The molecule has 1 unspecified atom stereocenters.